The third-order valence-corrected chi connectivity index (χ3v) is 7.28. The van der Waals surface area contributed by atoms with Gasteiger partial charge in [0.25, 0.3) is 0 Å². The van der Waals surface area contributed by atoms with Crippen LogP contribution in [0.3, 0.4) is 0 Å². The summed E-state index contributed by atoms with van der Waals surface area (Å²) in [5.41, 5.74) is 3.83. The normalized spacial score (nSPS) is 18.5. The highest BCUT2D eigenvalue weighted by molar-refractivity contribution is 7.91. The zero-order valence-corrected chi connectivity index (χ0v) is 15.1. The molecule has 23 heavy (non-hydrogen) atoms. The van der Waals surface area contributed by atoms with Crippen molar-refractivity contribution in [3.8, 4) is 0 Å². The van der Waals surface area contributed by atoms with Crippen molar-refractivity contribution in [2.45, 2.75) is 24.5 Å². The summed E-state index contributed by atoms with van der Waals surface area (Å²) in [5, 5.41) is 1.78. The van der Waals surface area contributed by atoms with Crippen LogP contribution in [-0.4, -0.2) is 28.1 Å². The maximum Gasteiger partial charge on any atom is 0.250 e. The number of sulfonamides is 1. The van der Waals surface area contributed by atoms with Gasteiger partial charge in [-0.2, -0.15) is 0 Å². The molecule has 1 aliphatic rings. The first kappa shape index (κ1) is 16.5. The van der Waals surface area contributed by atoms with Crippen molar-refractivity contribution in [3.05, 3.63) is 46.8 Å². The quantitative estimate of drug-likeness (QED) is 0.901. The summed E-state index contributed by atoms with van der Waals surface area (Å²) in [5.74, 6) is 0.353. The molecule has 0 spiro atoms. The molecule has 2 aromatic rings. The van der Waals surface area contributed by atoms with Crippen LogP contribution in [0.15, 0.2) is 39.9 Å². The fourth-order valence-electron chi connectivity index (χ4n) is 2.87. The lowest BCUT2D eigenvalue weighted by Crippen LogP contribution is -2.30. The number of thiophene rings is 1. The largest absolute Gasteiger partial charge is 0.371 e. The SMILES string of the molecule is Cc1ccc(N2CCC(CNS(=O)(=O)c3cccs3)C2)cc1C. The van der Waals surface area contributed by atoms with E-state index in [0.717, 1.165) is 19.5 Å². The number of nitrogens with one attached hydrogen (secondary N) is 1. The first-order valence-electron chi connectivity index (χ1n) is 7.81. The molecule has 0 radical (unpaired) electrons. The summed E-state index contributed by atoms with van der Waals surface area (Å²) < 4.78 is 27.5. The minimum absolute atomic E-state index is 0.353. The van der Waals surface area contributed by atoms with Gasteiger partial charge in [0.1, 0.15) is 4.21 Å². The van der Waals surface area contributed by atoms with Crippen LogP contribution < -0.4 is 9.62 Å². The van der Waals surface area contributed by atoms with Crippen molar-refractivity contribution >= 4 is 27.0 Å². The Hall–Kier alpha value is -1.37. The second kappa shape index (κ2) is 6.63. The van der Waals surface area contributed by atoms with Crippen LogP contribution in [-0.2, 0) is 10.0 Å². The standard InChI is InChI=1S/C17H22N2O2S2/c1-13-5-6-16(10-14(13)2)19-8-7-15(12-19)11-18-23(20,21)17-4-3-9-22-17/h3-6,9-10,15,18H,7-8,11-12H2,1-2H3. The lowest BCUT2D eigenvalue weighted by Gasteiger charge is -2.20. The lowest BCUT2D eigenvalue weighted by atomic mass is 10.1. The molecule has 3 rings (SSSR count). The topological polar surface area (TPSA) is 49.4 Å². The Labute approximate surface area is 142 Å². The fourth-order valence-corrected chi connectivity index (χ4v) is 5.02. The van der Waals surface area contributed by atoms with Gasteiger partial charge in [-0.1, -0.05) is 12.1 Å². The maximum atomic E-state index is 12.2. The monoisotopic (exact) mass is 350 g/mol. The molecule has 6 heteroatoms. The molecule has 0 bridgehead atoms. The van der Waals surface area contributed by atoms with Crippen molar-refractivity contribution in [1.29, 1.82) is 0 Å². The van der Waals surface area contributed by atoms with E-state index in [4.69, 9.17) is 0 Å². The van der Waals surface area contributed by atoms with E-state index in [0.29, 0.717) is 16.7 Å². The van der Waals surface area contributed by atoms with Crippen LogP contribution in [0.2, 0.25) is 0 Å². The Morgan fingerprint density at radius 2 is 2.09 bits per heavy atom. The van der Waals surface area contributed by atoms with Gasteiger partial charge in [0.15, 0.2) is 0 Å². The molecule has 1 unspecified atom stereocenters. The second-order valence-corrected chi connectivity index (χ2v) is 9.09. The molecule has 1 aliphatic heterocycles. The van der Waals surface area contributed by atoms with E-state index < -0.39 is 10.0 Å². The summed E-state index contributed by atoms with van der Waals surface area (Å²) in [6.45, 7) is 6.62. The Morgan fingerprint density at radius 3 is 2.78 bits per heavy atom. The Bertz CT molecular complexity index is 770. The molecule has 1 aromatic heterocycles. The molecule has 0 aliphatic carbocycles. The van der Waals surface area contributed by atoms with E-state index >= 15 is 0 Å². The summed E-state index contributed by atoms with van der Waals surface area (Å²) in [7, 11) is -3.35. The van der Waals surface area contributed by atoms with Crippen LogP contribution in [0.25, 0.3) is 0 Å². The number of hydrogen-bond acceptors (Lipinski definition) is 4. The highest BCUT2D eigenvalue weighted by Gasteiger charge is 2.25. The molecule has 1 N–H and O–H groups in total. The van der Waals surface area contributed by atoms with Crippen molar-refractivity contribution < 1.29 is 8.42 Å². The third kappa shape index (κ3) is 3.76. The van der Waals surface area contributed by atoms with E-state index in [2.05, 4.69) is 41.7 Å². The lowest BCUT2D eigenvalue weighted by molar-refractivity contribution is 0.543. The smallest absolute Gasteiger partial charge is 0.250 e. The number of anilines is 1. The van der Waals surface area contributed by atoms with Crippen molar-refractivity contribution in [2.75, 3.05) is 24.5 Å². The van der Waals surface area contributed by atoms with Gasteiger partial charge in [0, 0.05) is 25.3 Å². The molecule has 4 nitrogen and oxygen atoms in total. The van der Waals surface area contributed by atoms with Crippen molar-refractivity contribution in [2.24, 2.45) is 5.92 Å². The minimum atomic E-state index is -3.35. The zero-order valence-electron chi connectivity index (χ0n) is 13.5. The molecule has 1 saturated heterocycles. The summed E-state index contributed by atoms with van der Waals surface area (Å²) in [4.78, 5) is 2.34. The molecule has 0 saturated carbocycles. The van der Waals surface area contributed by atoms with Gasteiger partial charge in [-0.3, -0.25) is 0 Å². The third-order valence-electron chi connectivity index (χ3n) is 4.46. The molecule has 124 valence electrons. The van der Waals surface area contributed by atoms with Gasteiger partial charge < -0.3 is 4.90 Å². The van der Waals surface area contributed by atoms with E-state index in [9.17, 15) is 8.42 Å². The molecule has 0 amide bonds. The highest BCUT2D eigenvalue weighted by atomic mass is 32.2. The first-order valence-corrected chi connectivity index (χ1v) is 10.2. The fraction of sp³-hybridized carbons (Fsp3) is 0.412. The molecular formula is C17H22N2O2S2. The predicted molar refractivity (Wildman–Crippen MR) is 95.7 cm³/mol. The van der Waals surface area contributed by atoms with Crippen LogP contribution in [0, 0.1) is 19.8 Å². The summed E-state index contributed by atoms with van der Waals surface area (Å²) >= 11 is 1.25. The number of benzene rings is 1. The molecule has 1 aromatic carbocycles. The summed E-state index contributed by atoms with van der Waals surface area (Å²) in [6.07, 6.45) is 1.01. The number of aryl methyl sites for hydroxylation is 2. The van der Waals surface area contributed by atoms with E-state index in [1.807, 2.05) is 0 Å². The van der Waals surface area contributed by atoms with Gasteiger partial charge in [0.05, 0.1) is 0 Å². The summed E-state index contributed by atoms with van der Waals surface area (Å²) in [6, 6.07) is 9.92. The maximum absolute atomic E-state index is 12.2. The highest BCUT2D eigenvalue weighted by Crippen LogP contribution is 2.26. The van der Waals surface area contributed by atoms with Crippen LogP contribution in [0.1, 0.15) is 17.5 Å². The van der Waals surface area contributed by atoms with Gasteiger partial charge in [0.2, 0.25) is 10.0 Å². The van der Waals surface area contributed by atoms with E-state index in [1.54, 1.807) is 17.5 Å². The average Bonchev–Trinajstić information content (AvgIpc) is 3.19. The zero-order chi connectivity index (χ0) is 16.4. The van der Waals surface area contributed by atoms with Crippen LogP contribution in [0.5, 0.6) is 0 Å². The number of hydrogen-bond donors (Lipinski definition) is 1. The minimum Gasteiger partial charge on any atom is -0.371 e. The molecular weight excluding hydrogens is 328 g/mol. The number of nitrogens with zero attached hydrogens (tertiary/aromatic N) is 1. The van der Waals surface area contributed by atoms with Gasteiger partial charge in [-0.05, 0) is 60.9 Å². The van der Waals surface area contributed by atoms with Gasteiger partial charge in [-0.25, -0.2) is 13.1 Å². The van der Waals surface area contributed by atoms with E-state index in [-0.39, 0.29) is 0 Å². The van der Waals surface area contributed by atoms with Crippen molar-refractivity contribution in [3.63, 3.8) is 0 Å². The van der Waals surface area contributed by atoms with E-state index in [1.165, 1.54) is 28.2 Å². The predicted octanol–water partition coefficient (Wildman–Crippen LogP) is 3.17. The van der Waals surface area contributed by atoms with Gasteiger partial charge in [-0.15, -0.1) is 11.3 Å². The molecule has 2 heterocycles. The molecule has 1 atom stereocenters. The Morgan fingerprint density at radius 1 is 1.26 bits per heavy atom. The number of rotatable bonds is 5. The Kier molecular flexibility index (Phi) is 4.75. The van der Waals surface area contributed by atoms with Crippen LogP contribution in [0.4, 0.5) is 5.69 Å². The van der Waals surface area contributed by atoms with Crippen LogP contribution >= 0.6 is 11.3 Å². The first-order chi connectivity index (χ1) is 11.0. The Balaban J connectivity index is 1.59. The van der Waals surface area contributed by atoms with Gasteiger partial charge >= 0.3 is 0 Å². The van der Waals surface area contributed by atoms with Crippen molar-refractivity contribution in [1.82, 2.24) is 4.72 Å². The average molecular weight is 351 g/mol. The second-order valence-electron chi connectivity index (χ2n) is 6.15. The molecule has 1 fully saturated rings.